The van der Waals surface area contributed by atoms with Crippen molar-refractivity contribution in [1.29, 1.82) is 0 Å². The largest absolute Gasteiger partial charge is 0.382 e. The third kappa shape index (κ3) is 4.59. The Labute approximate surface area is 130 Å². The predicted molar refractivity (Wildman–Crippen MR) is 88.7 cm³/mol. The molecule has 5 nitrogen and oxygen atoms in total. The highest BCUT2D eigenvalue weighted by atomic mass is 32.1. The van der Waals surface area contributed by atoms with E-state index in [1.54, 1.807) is 0 Å². The van der Waals surface area contributed by atoms with Crippen molar-refractivity contribution >= 4 is 28.2 Å². The molecule has 2 unspecified atom stereocenters. The topological polar surface area (TPSA) is 80.0 Å². The van der Waals surface area contributed by atoms with Crippen LogP contribution in [-0.4, -0.2) is 23.5 Å². The molecule has 1 aliphatic carbocycles. The number of rotatable bonds is 5. The SMILES string of the molecule is CC(C)CNc1nc(N)c(C(=O)NC2CCCC(C)C2)s1. The summed E-state index contributed by atoms with van der Waals surface area (Å²) in [5.74, 6) is 1.46. The smallest absolute Gasteiger partial charge is 0.265 e. The molecule has 4 N–H and O–H groups in total. The monoisotopic (exact) mass is 310 g/mol. The number of carbonyl (C=O) groups is 1. The van der Waals surface area contributed by atoms with E-state index >= 15 is 0 Å². The molecule has 0 spiro atoms. The Kier molecular flexibility index (Phi) is 5.45. The normalized spacial score (nSPS) is 22.3. The standard InChI is InChI=1S/C15H26N4OS/c1-9(2)8-17-15-19-13(16)12(21-15)14(20)18-11-6-4-5-10(3)7-11/h9-11H,4-8,16H2,1-3H3,(H,17,19)(H,18,20). The Morgan fingerprint density at radius 1 is 1.48 bits per heavy atom. The summed E-state index contributed by atoms with van der Waals surface area (Å²) in [5.41, 5.74) is 5.88. The number of hydrogen-bond donors (Lipinski definition) is 3. The molecule has 2 atom stereocenters. The highest BCUT2D eigenvalue weighted by molar-refractivity contribution is 7.18. The molecule has 1 saturated carbocycles. The van der Waals surface area contributed by atoms with Gasteiger partial charge in [-0.2, -0.15) is 0 Å². The van der Waals surface area contributed by atoms with Gasteiger partial charge in [-0.15, -0.1) is 0 Å². The Bertz CT molecular complexity index is 486. The van der Waals surface area contributed by atoms with Gasteiger partial charge in [-0.05, 0) is 24.7 Å². The Morgan fingerprint density at radius 2 is 2.24 bits per heavy atom. The first-order chi connectivity index (χ1) is 9.95. The van der Waals surface area contributed by atoms with Gasteiger partial charge >= 0.3 is 0 Å². The lowest BCUT2D eigenvalue weighted by Crippen LogP contribution is -2.37. The molecule has 21 heavy (non-hydrogen) atoms. The summed E-state index contributed by atoms with van der Waals surface area (Å²) in [7, 11) is 0. The third-order valence-electron chi connectivity index (χ3n) is 3.79. The minimum absolute atomic E-state index is 0.0818. The van der Waals surface area contributed by atoms with E-state index in [0.717, 1.165) is 24.5 Å². The van der Waals surface area contributed by atoms with Crippen LogP contribution in [0, 0.1) is 11.8 Å². The molecule has 0 aromatic carbocycles. The van der Waals surface area contributed by atoms with Crippen LogP contribution in [0.15, 0.2) is 0 Å². The van der Waals surface area contributed by atoms with Crippen molar-refractivity contribution in [3.8, 4) is 0 Å². The molecular formula is C15H26N4OS. The molecule has 118 valence electrons. The number of aromatic nitrogens is 1. The van der Waals surface area contributed by atoms with Crippen LogP contribution in [0.4, 0.5) is 10.9 Å². The second-order valence-electron chi connectivity index (χ2n) is 6.45. The third-order valence-corrected chi connectivity index (χ3v) is 4.82. The summed E-state index contributed by atoms with van der Waals surface area (Å²) >= 11 is 1.34. The number of anilines is 2. The van der Waals surface area contributed by atoms with E-state index in [9.17, 15) is 4.79 Å². The van der Waals surface area contributed by atoms with E-state index in [0.29, 0.717) is 22.5 Å². The highest BCUT2D eigenvalue weighted by Crippen LogP contribution is 2.27. The quantitative estimate of drug-likeness (QED) is 0.780. The molecule has 1 amide bonds. The zero-order valence-corrected chi connectivity index (χ0v) is 13.9. The van der Waals surface area contributed by atoms with Gasteiger partial charge in [-0.3, -0.25) is 4.79 Å². The Hall–Kier alpha value is -1.30. The summed E-state index contributed by atoms with van der Waals surface area (Å²) in [5, 5.41) is 7.05. The van der Waals surface area contributed by atoms with Gasteiger partial charge in [0.05, 0.1) is 0 Å². The molecular weight excluding hydrogens is 284 g/mol. The molecule has 6 heteroatoms. The van der Waals surface area contributed by atoms with Crippen LogP contribution >= 0.6 is 11.3 Å². The van der Waals surface area contributed by atoms with Crippen molar-refractivity contribution in [2.24, 2.45) is 11.8 Å². The summed E-state index contributed by atoms with van der Waals surface area (Å²) in [6.45, 7) is 7.32. The maximum Gasteiger partial charge on any atom is 0.265 e. The number of nitrogens with two attached hydrogens (primary N) is 1. The van der Waals surface area contributed by atoms with Crippen molar-refractivity contribution in [3.63, 3.8) is 0 Å². The fourth-order valence-electron chi connectivity index (χ4n) is 2.68. The number of nitrogen functional groups attached to an aromatic ring is 1. The molecule has 1 heterocycles. The van der Waals surface area contributed by atoms with Crippen LogP contribution in [-0.2, 0) is 0 Å². The second-order valence-corrected chi connectivity index (χ2v) is 7.45. The number of nitrogens with one attached hydrogen (secondary N) is 2. The van der Waals surface area contributed by atoms with Crippen molar-refractivity contribution in [1.82, 2.24) is 10.3 Å². The van der Waals surface area contributed by atoms with E-state index in [1.807, 2.05) is 0 Å². The molecule has 0 saturated heterocycles. The summed E-state index contributed by atoms with van der Waals surface area (Å²) in [6.07, 6.45) is 4.57. The Morgan fingerprint density at radius 3 is 2.90 bits per heavy atom. The van der Waals surface area contributed by atoms with Crippen LogP contribution in [0.2, 0.25) is 0 Å². The lowest BCUT2D eigenvalue weighted by atomic mass is 9.87. The summed E-state index contributed by atoms with van der Waals surface area (Å²) < 4.78 is 0. The summed E-state index contributed by atoms with van der Waals surface area (Å²) in [4.78, 5) is 17.1. The first-order valence-corrected chi connectivity index (χ1v) is 8.58. The maximum absolute atomic E-state index is 12.3. The number of amides is 1. The molecule has 1 fully saturated rings. The average molecular weight is 310 g/mol. The highest BCUT2D eigenvalue weighted by Gasteiger charge is 2.23. The van der Waals surface area contributed by atoms with Gasteiger partial charge in [0.2, 0.25) is 0 Å². The molecule has 1 aromatic rings. The first-order valence-electron chi connectivity index (χ1n) is 7.76. The maximum atomic E-state index is 12.3. The number of nitrogens with zero attached hydrogens (tertiary/aromatic N) is 1. The van der Waals surface area contributed by atoms with Gasteiger partial charge in [0.25, 0.3) is 5.91 Å². The number of thiazole rings is 1. The van der Waals surface area contributed by atoms with Gasteiger partial charge in [-0.25, -0.2) is 4.98 Å². The van der Waals surface area contributed by atoms with E-state index in [4.69, 9.17) is 5.73 Å². The van der Waals surface area contributed by atoms with Gasteiger partial charge in [0.15, 0.2) is 5.13 Å². The fourth-order valence-corrected chi connectivity index (χ4v) is 3.47. The van der Waals surface area contributed by atoms with Crippen molar-refractivity contribution < 1.29 is 4.79 Å². The minimum atomic E-state index is -0.0818. The van der Waals surface area contributed by atoms with Crippen molar-refractivity contribution in [2.75, 3.05) is 17.6 Å². The number of carbonyl (C=O) groups excluding carboxylic acids is 1. The van der Waals surface area contributed by atoms with Crippen LogP contribution < -0.4 is 16.4 Å². The van der Waals surface area contributed by atoms with Crippen LogP contribution in [0.1, 0.15) is 56.1 Å². The van der Waals surface area contributed by atoms with Crippen molar-refractivity contribution in [2.45, 2.75) is 52.5 Å². The average Bonchev–Trinajstić information content (AvgIpc) is 2.78. The zero-order valence-electron chi connectivity index (χ0n) is 13.1. The van der Waals surface area contributed by atoms with Crippen LogP contribution in [0.5, 0.6) is 0 Å². The number of hydrogen-bond acceptors (Lipinski definition) is 5. The van der Waals surface area contributed by atoms with Gasteiger partial charge < -0.3 is 16.4 Å². The van der Waals surface area contributed by atoms with Gasteiger partial charge in [0, 0.05) is 12.6 Å². The molecule has 1 aliphatic rings. The first kappa shape index (κ1) is 16.1. The minimum Gasteiger partial charge on any atom is -0.382 e. The molecule has 0 aliphatic heterocycles. The van der Waals surface area contributed by atoms with E-state index in [2.05, 4.69) is 36.4 Å². The Balaban J connectivity index is 1.95. The molecule has 2 rings (SSSR count). The van der Waals surface area contributed by atoms with E-state index < -0.39 is 0 Å². The molecule has 0 radical (unpaired) electrons. The van der Waals surface area contributed by atoms with Gasteiger partial charge in [0.1, 0.15) is 10.7 Å². The lowest BCUT2D eigenvalue weighted by molar-refractivity contribution is 0.0926. The predicted octanol–water partition coefficient (Wildman–Crippen LogP) is 3.10. The van der Waals surface area contributed by atoms with Crippen molar-refractivity contribution in [3.05, 3.63) is 4.88 Å². The summed E-state index contributed by atoms with van der Waals surface area (Å²) in [6, 6.07) is 0.273. The molecule has 0 bridgehead atoms. The molecule has 1 aromatic heterocycles. The van der Waals surface area contributed by atoms with E-state index in [1.165, 1.54) is 24.2 Å². The van der Waals surface area contributed by atoms with Crippen LogP contribution in [0.3, 0.4) is 0 Å². The lowest BCUT2D eigenvalue weighted by Gasteiger charge is -2.27. The second kappa shape index (κ2) is 7.11. The zero-order chi connectivity index (χ0) is 15.4. The van der Waals surface area contributed by atoms with Gasteiger partial charge in [-0.1, -0.05) is 44.9 Å². The van der Waals surface area contributed by atoms with E-state index in [-0.39, 0.29) is 11.9 Å². The fraction of sp³-hybridized carbons (Fsp3) is 0.733. The van der Waals surface area contributed by atoms with Crippen LogP contribution in [0.25, 0.3) is 0 Å².